The normalized spacial score (nSPS) is 19.7. The zero-order valence-electron chi connectivity index (χ0n) is 21.6. The minimum absolute atomic E-state index is 0.0115. The lowest BCUT2D eigenvalue weighted by Crippen LogP contribution is -2.42. The van der Waals surface area contributed by atoms with Gasteiger partial charge < -0.3 is 24.2 Å². The van der Waals surface area contributed by atoms with Gasteiger partial charge in [-0.15, -0.1) is 0 Å². The first kappa shape index (κ1) is 27.3. The molecule has 0 spiro atoms. The number of benzene rings is 2. The monoisotopic (exact) mass is 526 g/mol. The van der Waals surface area contributed by atoms with Crippen LogP contribution in [-0.4, -0.2) is 85.2 Å². The van der Waals surface area contributed by atoms with Crippen LogP contribution in [0.25, 0.3) is 5.76 Å². The van der Waals surface area contributed by atoms with Crippen molar-refractivity contribution in [3.05, 3.63) is 70.5 Å². The maximum atomic E-state index is 14.7. The number of morpholine rings is 1. The number of ketones is 1. The number of rotatable bonds is 8. The number of likely N-dealkylation sites (tertiary alicyclic amines) is 1. The maximum Gasteiger partial charge on any atom is 0.337 e. The summed E-state index contributed by atoms with van der Waals surface area (Å²) in [7, 11) is 1.27. The third-order valence-electron chi connectivity index (χ3n) is 6.52. The zero-order valence-corrected chi connectivity index (χ0v) is 21.6. The molecule has 2 aromatic rings. The molecule has 0 bridgehead atoms. The molecule has 0 radical (unpaired) electrons. The SMILES string of the molecule is COC(=O)c1ccc(C2/C(=C(/O)c3ccc(OC(C)C)c(F)c3)C(=O)C(=O)N2CCN2CCOCC2)cc1. The van der Waals surface area contributed by atoms with Gasteiger partial charge in [-0.2, -0.15) is 0 Å². The molecule has 38 heavy (non-hydrogen) atoms. The number of aliphatic hydroxyl groups is 1. The predicted molar refractivity (Wildman–Crippen MR) is 136 cm³/mol. The Bertz CT molecular complexity index is 1240. The van der Waals surface area contributed by atoms with Gasteiger partial charge in [-0.05, 0) is 49.7 Å². The van der Waals surface area contributed by atoms with Gasteiger partial charge in [0.2, 0.25) is 0 Å². The predicted octanol–water partition coefficient (Wildman–Crippen LogP) is 3.15. The van der Waals surface area contributed by atoms with Gasteiger partial charge in [0.1, 0.15) is 5.76 Å². The Morgan fingerprint density at radius 1 is 1.08 bits per heavy atom. The van der Waals surface area contributed by atoms with Crippen LogP contribution >= 0.6 is 0 Å². The van der Waals surface area contributed by atoms with Crippen molar-refractivity contribution in [2.24, 2.45) is 0 Å². The van der Waals surface area contributed by atoms with Crippen LogP contribution in [0.5, 0.6) is 5.75 Å². The van der Waals surface area contributed by atoms with E-state index in [4.69, 9.17) is 14.2 Å². The minimum Gasteiger partial charge on any atom is -0.507 e. The first-order valence-corrected chi connectivity index (χ1v) is 12.4. The Morgan fingerprint density at radius 3 is 2.34 bits per heavy atom. The molecule has 2 saturated heterocycles. The second kappa shape index (κ2) is 11.7. The summed E-state index contributed by atoms with van der Waals surface area (Å²) in [6, 6.07) is 9.23. The quantitative estimate of drug-likeness (QED) is 0.242. The van der Waals surface area contributed by atoms with Gasteiger partial charge in [-0.3, -0.25) is 14.5 Å². The summed E-state index contributed by atoms with van der Waals surface area (Å²) in [5, 5.41) is 11.2. The second-order valence-corrected chi connectivity index (χ2v) is 9.37. The minimum atomic E-state index is -0.933. The summed E-state index contributed by atoms with van der Waals surface area (Å²) in [6.07, 6.45) is -0.256. The van der Waals surface area contributed by atoms with Crippen molar-refractivity contribution in [2.75, 3.05) is 46.5 Å². The fourth-order valence-electron chi connectivity index (χ4n) is 4.60. The van der Waals surface area contributed by atoms with Gasteiger partial charge in [-0.25, -0.2) is 9.18 Å². The van der Waals surface area contributed by atoms with Crippen molar-refractivity contribution >= 4 is 23.4 Å². The molecule has 2 fully saturated rings. The fourth-order valence-corrected chi connectivity index (χ4v) is 4.60. The smallest absolute Gasteiger partial charge is 0.337 e. The number of aliphatic hydroxyl groups excluding tert-OH is 1. The molecule has 2 aromatic carbocycles. The fraction of sp³-hybridized carbons (Fsp3) is 0.393. The molecule has 1 amide bonds. The van der Waals surface area contributed by atoms with Crippen molar-refractivity contribution in [3.8, 4) is 5.75 Å². The first-order chi connectivity index (χ1) is 18.2. The van der Waals surface area contributed by atoms with Crippen LogP contribution in [0.4, 0.5) is 4.39 Å². The highest BCUT2D eigenvalue weighted by atomic mass is 19.1. The molecular formula is C28H31FN2O7. The molecule has 0 aromatic heterocycles. The van der Waals surface area contributed by atoms with E-state index in [0.29, 0.717) is 44.0 Å². The van der Waals surface area contributed by atoms with Gasteiger partial charge in [0.15, 0.2) is 11.6 Å². The summed E-state index contributed by atoms with van der Waals surface area (Å²) >= 11 is 0. The standard InChI is InChI=1S/C28H31FN2O7/c1-17(2)38-22-9-8-20(16-21(22)29)25(32)23-24(18-4-6-19(7-5-18)28(35)36-3)31(27(34)26(23)33)11-10-30-12-14-37-15-13-30/h4-9,16-17,24,32H,10-15H2,1-3H3/b25-23-. The van der Waals surface area contributed by atoms with Crippen molar-refractivity contribution in [1.29, 1.82) is 0 Å². The molecule has 1 N–H and O–H groups in total. The molecule has 2 heterocycles. The molecule has 10 heteroatoms. The number of ether oxygens (including phenoxy) is 3. The van der Waals surface area contributed by atoms with Crippen molar-refractivity contribution < 1.29 is 38.1 Å². The average Bonchev–Trinajstić information content (AvgIpc) is 3.17. The molecule has 4 rings (SSSR count). The van der Waals surface area contributed by atoms with E-state index in [1.165, 1.54) is 36.3 Å². The van der Waals surface area contributed by atoms with Gasteiger partial charge in [0.05, 0.1) is 43.6 Å². The van der Waals surface area contributed by atoms with Crippen molar-refractivity contribution in [3.63, 3.8) is 0 Å². The van der Waals surface area contributed by atoms with Crippen LogP contribution < -0.4 is 4.74 Å². The summed E-state index contributed by atoms with van der Waals surface area (Å²) in [6.45, 7) is 6.81. The topological polar surface area (TPSA) is 106 Å². The van der Waals surface area contributed by atoms with E-state index in [-0.39, 0.29) is 29.5 Å². The second-order valence-electron chi connectivity index (χ2n) is 9.37. The lowest BCUT2D eigenvalue weighted by Gasteiger charge is -2.31. The number of amides is 1. The molecule has 2 aliphatic rings. The van der Waals surface area contributed by atoms with Crippen LogP contribution in [0.1, 0.15) is 41.4 Å². The van der Waals surface area contributed by atoms with E-state index in [1.807, 2.05) is 0 Å². The van der Waals surface area contributed by atoms with E-state index in [1.54, 1.807) is 26.0 Å². The molecule has 2 aliphatic heterocycles. The third kappa shape index (κ3) is 5.71. The molecule has 9 nitrogen and oxygen atoms in total. The van der Waals surface area contributed by atoms with Crippen LogP contribution in [0.2, 0.25) is 0 Å². The Balaban J connectivity index is 1.74. The van der Waals surface area contributed by atoms with Crippen molar-refractivity contribution in [2.45, 2.75) is 26.0 Å². The van der Waals surface area contributed by atoms with Crippen molar-refractivity contribution in [1.82, 2.24) is 9.80 Å². The molecular weight excluding hydrogens is 495 g/mol. The van der Waals surface area contributed by atoms with Gasteiger partial charge in [-0.1, -0.05) is 12.1 Å². The number of carbonyl (C=O) groups excluding carboxylic acids is 3. The lowest BCUT2D eigenvalue weighted by atomic mass is 9.94. The van der Waals surface area contributed by atoms with Crippen LogP contribution in [-0.2, 0) is 19.1 Å². The highest BCUT2D eigenvalue weighted by molar-refractivity contribution is 6.46. The Hall–Kier alpha value is -3.76. The molecule has 202 valence electrons. The Labute approximate surface area is 220 Å². The van der Waals surface area contributed by atoms with Crippen LogP contribution in [0.3, 0.4) is 0 Å². The lowest BCUT2D eigenvalue weighted by molar-refractivity contribution is -0.140. The first-order valence-electron chi connectivity index (χ1n) is 12.4. The van der Waals surface area contributed by atoms with Gasteiger partial charge in [0, 0.05) is 31.7 Å². The summed E-state index contributed by atoms with van der Waals surface area (Å²) < 4.78 is 30.3. The summed E-state index contributed by atoms with van der Waals surface area (Å²) in [5.74, 6) is -3.34. The van der Waals surface area contributed by atoms with E-state index in [2.05, 4.69) is 4.90 Å². The van der Waals surface area contributed by atoms with E-state index in [9.17, 15) is 23.9 Å². The average molecular weight is 527 g/mol. The van der Waals surface area contributed by atoms with Gasteiger partial charge >= 0.3 is 5.97 Å². The summed E-state index contributed by atoms with van der Waals surface area (Å²) in [5.41, 5.74) is 0.700. The van der Waals surface area contributed by atoms with Gasteiger partial charge in [0.25, 0.3) is 11.7 Å². The van der Waals surface area contributed by atoms with E-state index < -0.39 is 35.3 Å². The number of halogens is 1. The number of hydrogen-bond acceptors (Lipinski definition) is 8. The zero-order chi connectivity index (χ0) is 27.4. The molecule has 1 atom stereocenters. The Kier molecular flexibility index (Phi) is 8.43. The number of carbonyl (C=O) groups is 3. The number of nitrogens with zero attached hydrogens (tertiary/aromatic N) is 2. The third-order valence-corrected chi connectivity index (χ3v) is 6.52. The summed E-state index contributed by atoms with van der Waals surface area (Å²) in [4.78, 5) is 41.9. The largest absolute Gasteiger partial charge is 0.507 e. The van der Waals surface area contributed by atoms with E-state index >= 15 is 0 Å². The molecule has 0 aliphatic carbocycles. The van der Waals surface area contributed by atoms with E-state index in [0.717, 1.165) is 6.07 Å². The van der Waals surface area contributed by atoms with Crippen LogP contribution in [0, 0.1) is 5.82 Å². The number of Topliss-reactive ketones (excluding diaryl/α,β-unsaturated/α-hetero) is 1. The Morgan fingerprint density at radius 2 is 1.74 bits per heavy atom. The number of methoxy groups -OCH3 is 1. The number of esters is 1. The van der Waals surface area contributed by atoms with Crippen LogP contribution in [0.15, 0.2) is 48.0 Å². The molecule has 0 saturated carbocycles. The number of hydrogen-bond donors (Lipinski definition) is 1. The highest BCUT2D eigenvalue weighted by Gasteiger charge is 2.46. The maximum absolute atomic E-state index is 14.7. The molecule has 1 unspecified atom stereocenters. The highest BCUT2D eigenvalue weighted by Crippen LogP contribution is 2.40.